The Labute approximate surface area is 194 Å². The molecule has 4 aliphatic rings. The van der Waals surface area contributed by atoms with Gasteiger partial charge in [0, 0.05) is 31.7 Å². The van der Waals surface area contributed by atoms with Crippen LogP contribution >= 0.6 is 0 Å². The van der Waals surface area contributed by atoms with Gasteiger partial charge in [0.1, 0.15) is 12.6 Å². The molecule has 0 spiro atoms. The lowest BCUT2D eigenvalue weighted by Crippen LogP contribution is -2.57. The Kier molecular flexibility index (Phi) is 6.50. The van der Waals surface area contributed by atoms with Crippen molar-refractivity contribution in [3.05, 3.63) is 23.8 Å². The number of nitrogens with zero attached hydrogens (tertiary/aromatic N) is 3. The van der Waals surface area contributed by atoms with Crippen molar-refractivity contribution in [2.75, 3.05) is 62.3 Å². The van der Waals surface area contributed by atoms with Crippen LogP contribution in [0, 0.1) is 0 Å². The first-order valence-electron chi connectivity index (χ1n) is 12.1. The summed E-state index contributed by atoms with van der Waals surface area (Å²) in [5.74, 6) is -0.327. The molecule has 1 aromatic rings. The van der Waals surface area contributed by atoms with Crippen molar-refractivity contribution in [2.24, 2.45) is 0 Å². The predicted octanol–water partition coefficient (Wildman–Crippen LogP) is 1.16. The van der Waals surface area contributed by atoms with Gasteiger partial charge in [-0.1, -0.05) is 0 Å². The number of fused-ring (bicyclic) bond motifs is 3. The van der Waals surface area contributed by atoms with E-state index >= 15 is 0 Å². The predicted molar refractivity (Wildman–Crippen MR) is 122 cm³/mol. The third-order valence-electron chi connectivity index (χ3n) is 6.98. The third kappa shape index (κ3) is 4.56. The van der Waals surface area contributed by atoms with E-state index in [9.17, 15) is 14.4 Å². The average molecular weight is 457 g/mol. The fourth-order valence-electron chi connectivity index (χ4n) is 5.24. The Morgan fingerprint density at radius 2 is 1.85 bits per heavy atom. The van der Waals surface area contributed by atoms with Gasteiger partial charge in [-0.2, -0.15) is 0 Å². The number of hydrogen-bond acceptors (Lipinski definition) is 6. The van der Waals surface area contributed by atoms with Crippen LogP contribution in [0.5, 0.6) is 0 Å². The van der Waals surface area contributed by atoms with E-state index in [-0.39, 0.29) is 36.4 Å². The van der Waals surface area contributed by atoms with Gasteiger partial charge in [-0.25, -0.2) is 0 Å². The van der Waals surface area contributed by atoms with Crippen LogP contribution in [0.4, 0.5) is 11.4 Å². The van der Waals surface area contributed by atoms with Gasteiger partial charge in [0.2, 0.25) is 11.8 Å². The molecule has 0 radical (unpaired) electrons. The molecule has 9 nitrogen and oxygen atoms in total. The van der Waals surface area contributed by atoms with Crippen LogP contribution in [0.2, 0.25) is 0 Å². The lowest BCUT2D eigenvalue weighted by molar-refractivity contribution is -0.126. The minimum atomic E-state index is -0.255. The topological polar surface area (TPSA) is 91.4 Å². The number of carbonyl (C=O) groups is 3. The molecule has 0 unspecified atom stereocenters. The van der Waals surface area contributed by atoms with Gasteiger partial charge >= 0.3 is 0 Å². The zero-order valence-electron chi connectivity index (χ0n) is 19.0. The Bertz CT molecular complexity index is 910. The number of hydrogen-bond donors (Lipinski definition) is 1. The lowest BCUT2D eigenvalue weighted by atomic mass is 9.95. The van der Waals surface area contributed by atoms with E-state index in [1.54, 1.807) is 11.0 Å². The van der Waals surface area contributed by atoms with Crippen molar-refractivity contribution >= 4 is 29.1 Å². The SMILES string of the molecule is O=C(CN1C(=O)[C@H]2CCCCN2c2ccc(C(=O)N3CCCC3)cc21)NC[C@@H]1COCCO1. The molecule has 0 saturated carbocycles. The zero-order chi connectivity index (χ0) is 22.8. The molecule has 5 rings (SSSR count). The van der Waals surface area contributed by atoms with Crippen LogP contribution < -0.4 is 15.1 Å². The number of likely N-dealkylation sites (tertiary alicyclic amines) is 1. The monoisotopic (exact) mass is 456 g/mol. The number of rotatable bonds is 5. The highest BCUT2D eigenvalue weighted by molar-refractivity contribution is 6.09. The smallest absolute Gasteiger partial charge is 0.253 e. The van der Waals surface area contributed by atoms with Gasteiger partial charge < -0.3 is 24.6 Å². The normalized spacial score (nSPS) is 25.0. The molecule has 1 N–H and O–H groups in total. The highest BCUT2D eigenvalue weighted by Crippen LogP contribution is 2.40. The summed E-state index contributed by atoms with van der Waals surface area (Å²) >= 11 is 0. The second-order valence-corrected chi connectivity index (χ2v) is 9.20. The molecule has 1 aromatic carbocycles. The van der Waals surface area contributed by atoms with Gasteiger partial charge in [0.25, 0.3) is 5.91 Å². The minimum Gasteiger partial charge on any atom is -0.376 e. The molecular weight excluding hydrogens is 424 g/mol. The molecule has 3 saturated heterocycles. The van der Waals surface area contributed by atoms with E-state index in [1.165, 1.54) is 0 Å². The van der Waals surface area contributed by atoms with E-state index in [0.29, 0.717) is 37.6 Å². The van der Waals surface area contributed by atoms with Crippen molar-refractivity contribution in [3.8, 4) is 0 Å². The second kappa shape index (κ2) is 9.69. The molecule has 4 heterocycles. The Morgan fingerprint density at radius 3 is 2.64 bits per heavy atom. The molecule has 0 bridgehead atoms. The van der Waals surface area contributed by atoms with Crippen LogP contribution in [0.25, 0.3) is 0 Å². The van der Waals surface area contributed by atoms with Gasteiger partial charge in [-0.05, 0) is 50.3 Å². The van der Waals surface area contributed by atoms with Crippen LogP contribution in [-0.2, 0) is 19.1 Å². The highest BCUT2D eigenvalue weighted by atomic mass is 16.6. The number of ether oxygens (including phenoxy) is 2. The second-order valence-electron chi connectivity index (χ2n) is 9.20. The largest absolute Gasteiger partial charge is 0.376 e. The highest BCUT2D eigenvalue weighted by Gasteiger charge is 2.40. The fraction of sp³-hybridized carbons (Fsp3) is 0.625. The number of nitrogens with one attached hydrogen (secondary N) is 1. The Balaban J connectivity index is 1.37. The maximum absolute atomic E-state index is 13.5. The molecule has 0 aliphatic carbocycles. The Morgan fingerprint density at radius 1 is 1.03 bits per heavy atom. The summed E-state index contributed by atoms with van der Waals surface area (Å²) in [7, 11) is 0. The van der Waals surface area contributed by atoms with Gasteiger partial charge in [0.15, 0.2) is 0 Å². The quantitative estimate of drug-likeness (QED) is 0.715. The van der Waals surface area contributed by atoms with Crippen molar-refractivity contribution in [3.63, 3.8) is 0 Å². The van der Waals surface area contributed by atoms with Crippen LogP contribution in [0.1, 0.15) is 42.5 Å². The van der Waals surface area contributed by atoms with Gasteiger partial charge in [-0.3, -0.25) is 19.3 Å². The van der Waals surface area contributed by atoms with E-state index < -0.39 is 0 Å². The lowest BCUT2D eigenvalue weighted by Gasteiger charge is -2.45. The maximum atomic E-state index is 13.5. The molecule has 4 aliphatic heterocycles. The van der Waals surface area contributed by atoms with Gasteiger partial charge in [0.05, 0.1) is 37.3 Å². The summed E-state index contributed by atoms with van der Waals surface area (Å²) in [5.41, 5.74) is 2.14. The van der Waals surface area contributed by atoms with Crippen molar-refractivity contribution < 1.29 is 23.9 Å². The summed E-state index contributed by atoms with van der Waals surface area (Å²) in [6.45, 7) is 4.14. The van der Waals surface area contributed by atoms with Crippen LogP contribution in [0.15, 0.2) is 18.2 Å². The molecule has 178 valence electrons. The first kappa shape index (κ1) is 22.2. The summed E-state index contributed by atoms with van der Waals surface area (Å²) in [4.78, 5) is 44.9. The van der Waals surface area contributed by atoms with Crippen LogP contribution in [-0.4, -0.2) is 87.3 Å². The summed E-state index contributed by atoms with van der Waals surface area (Å²) in [6, 6.07) is 5.35. The van der Waals surface area contributed by atoms with Crippen LogP contribution in [0.3, 0.4) is 0 Å². The number of benzene rings is 1. The number of anilines is 2. The first-order chi connectivity index (χ1) is 16.1. The maximum Gasteiger partial charge on any atom is 0.253 e. The summed E-state index contributed by atoms with van der Waals surface area (Å²) in [6.07, 6.45) is 4.66. The Hall–Kier alpha value is -2.65. The number of amides is 3. The van der Waals surface area contributed by atoms with E-state index in [4.69, 9.17) is 9.47 Å². The average Bonchev–Trinajstić information content (AvgIpc) is 3.40. The van der Waals surface area contributed by atoms with E-state index in [1.807, 2.05) is 17.0 Å². The standard InChI is InChI=1S/C24H32N4O5/c29-22(25-14-18-16-32-11-12-33-18)15-28-21-13-17(23(30)26-8-3-4-9-26)6-7-19(21)27-10-2-1-5-20(27)24(28)31/h6-7,13,18,20H,1-5,8-12,14-16H2,(H,25,29)/t18-,20-/m1/s1. The summed E-state index contributed by atoms with van der Waals surface area (Å²) < 4.78 is 11.0. The molecule has 3 amide bonds. The first-order valence-corrected chi connectivity index (χ1v) is 12.1. The molecule has 9 heteroatoms. The van der Waals surface area contributed by atoms with Crippen molar-refractivity contribution in [1.29, 1.82) is 0 Å². The van der Waals surface area contributed by atoms with E-state index in [2.05, 4.69) is 10.2 Å². The van der Waals surface area contributed by atoms with Gasteiger partial charge in [-0.15, -0.1) is 0 Å². The number of carbonyl (C=O) groups excluding carboxylic acids is 3. The number of piperidine rings is 1. The zero-order valence-corrected chi connectivity index (χ0v) is 19.0. The van der Waals surface area contributed by atoms with E-state index in [0.717, 1.165) is 57.4 Å². The van der Waals surface area contributed by atoms with Crippen molar-refractivity contribution in [2.45, 2.75) is 44.2 Å². The summed E-state index contributed by atoms with van der Waals surface area (Å²) in [5, 5.41) is 2.88. The molecule has 3 fully saturated rings. The third-order valence-corrected chi connectivity index (χ3v) is 6.98. The molecule has 2 atom stereocenters. The molecular formula is C24H32N4O5. The molecule has 0 aromatic heterocycles. The minimum absolute atomic E-state index is 0.0117. The fourth-order valence-corrected chi connectivity index (χ4v) is 5.24. The molecule has 33 heavy (non-hydrogen) atoms. The van der Waals surface area contributed by atoms with Crippen molar-refractivity contribution in [1.82, 2.24) is 10.2 Å².